The molecule has 6 nitrogen and oxygen atoms in total. The fraction of sp³-hybridized carbons (Fsp3) is 0.440. The molecule has 2 aromatic rings. The lowest BCUT2D eigenvalue weighted by atomic mass is 9.97. The maximum atomic E-state index is 11.9. The summed E-state index contributed by atoms with van der Waals surface area (Å²) in [6.45, 7) is 11.6. The van der Waals surface area contributed by atoms with Gasteiger partial charge in [0.25, 0.3) is 0 Å². The van der Waals surface area contributed by atoms with Crippen molar-refractivity contribution in [3.05, 3.63) is 59.0 Å². The van der Waals surface area contributed by atoms with Crippen LogP contribution in [-0.2, 0) is 23.1 Å². The number of carbonyl (C=O) groups excluding carboxylic acids is 1. The summed E-state index contributed by atoms with van der Waals surface area (Å²) in [7, 11) is 2.07. The van der Waals surface area contributed by atoms with Crippen LogP contribution in [0.5, 0.6) is 0 Å². The van der Waals surface area contributed by atoms with Gasteiger partial charge in [-0.1, -0.05) is 24.3 Å². The predicted molar refractivity (Wildman–Crippen MR) is 132 cm³/mol. The molecule has 0 amide bonds. The average molecular weight is 457 g/mol. The Balaban J connectivity index is 1.45. The smallest absolute Gasteiger partial charge is 0.339 e. The van der Waals surface area contributed by atoms with Crippen LogP contribution < -0.4 is 5.32 Å². The van der Waals surface area contributed by atoms with Crippen molar-refractivity contribution < 1.29 is 9.53 Å². The van der Waals surface area contributed by atoms with Crippen LogP contribution in [0.2, 0.25) is 5.02 Å². The predicted octanol–water partition coefficient (Wildman–Crippen LogP) is 4.68. The number of aliphatic imine (C=N–C) groups is 1. The number of nitrogens with zero attached hydrogens (tertiary/aromatic N) is 3. The van der Waals surface area contributed by atoms with Crippen LogP contribution in [0.25, 0.3) is 10.9 Å². The van der Waals surface area contributed by atoms with Gasteiger partial charge in [0.05, 0.1) is 12.2 Å². The molecule has 172 valence electrons. The van der Waals surface area contributed by atoms with Gasteiger partial charge in [0.2, 0.25) is 0 Å². The van der Waals surface area contributed by atoms with E-state index < -0.39 is 0 Å². The number of rotatable bonds is 9. The van der Waals surface area contributed by atoms with Gasteiger partial charge in [-0.25, -0.2) is 9.79 Å². The van der Waals surface area contributed by atoms with Crippen molar-refractivity contribution in [3.8, 4) is 0 Å². The zero-order chi connectivity index (χ0) is 23.1. The Labute approximate surface area is 195 Å². The number of likely N-dealkylation sites (tertiary alicyclic amines) is 1. The lowest BCUT2D eigenvalue weighted by Gasteiger charge is -2.33. The highest BCUT2D eigenvalue weighted by Crippen LogP contribution is 2.25. The fourth-order valence-electron chi connectivity index (χ4n) is 4.08. The number of carbonyl (C=O) groups is 1. The van der Waals surface area contributed by atoms with Gasteiger partial charge in [-0.15, -0.1) is 0 Å². The summed E-state index contributed by atoms with van der Waals surface area (Å²) in [6, 6.07) is 6.04. The van der Waals surface area contributed by atoms with Gasteiger partial charge >= 0.3 is 5.97 Å². The van der Waals surface area contributed by atoms with Gasteiger partial charge < -0.3 is 19.5 Å². The molecule has 1 fully saturated rings. The lowest BCUT2D eigenvalue weighted by molar-refractivity contribution is -0.137. The van der Waals surface area contributed by atoms with Crippen molar-refractivity contribution in [2.24, 2.45) is 18.0 Å². The zero-order valence-electron chi connectivity index (χ0n) is 19.2. The third-order valence-corrected chi connectivity index (χ3v) is 6.17. The summed E-state index contributed by atoms with van der Waals surface area (Å²) in [5.41, 5.74) is 2.91. The number of halogens is 1. The van der Waals surface area contributed by atoms with E-state index >= 15 is 0 Å². The van der Waals surface area contributed by atoms with Crippen molar-refractivity contribution >= 4 is 34.7 Å². The molecule has 1 N–H and O–H groups in total. The second-order valence-corrected chi connectivity index (χ2v) is 8.56. The molecular weight excluding hydrogens is 424 g/mol. The van der Waals surface area contributed by atoms with Crippen LogP contribution in [-0.4, -0.2) is 47.9 Å². The highest BCUT2D eigenvalue weighted by molar-refractivity contribution is 6.31. The molecule has 0 saturated carbocycles. The molecule has 1 aromatic carbocycles. The average Bonchev–Trinajstić information content (AvgIpc) is 3.09. The molecule has 1 saturated heterocycles. The molecular formula is C25H33ClN4O2. The van der Waals surface area contributed by atoms with Crippen LogP contribution in [0.15, 0.2) is 53.4 Å². The number of aromatic nitrogens is 1. The van der Waals surface area contributed by atoms with E-state index in [1.54, 1.807) is 26.1 Å². The third-order valence-electron chi connectivity index (χ3n) is 5.94. The van der Waals surface area contributed by atoms with Gasteiger partial charge in [0, 0.05) is 55.0 Å². The summed E-state index contributed by atoms with van der Waals surface area (Å²) >= 11 is 6.20. The van der Waals surface area contributed by atoms with E-state index in [4.69, 9.17) is 16.3 Å². The molecule has 1 aliphatic rings. The summed E-state index contributed by atoms with van der Waals surface area (Å²) in [5, 5.41) is 5.60. The van der Waals surface area contributed by atoms with Gasteiger partial charge in [-0.3, -0.25) is 0 Å². The van der Waals surface area contributed by atoms with Crippen LogP contribution in [0, 0.1) is 5.92 Å². The SMILES string of the molecule is C=C(/N=C\C(=C/C)C(=O)OCC)N1CCC(CNCc2cn(C)c3ccc(Cl)cc23)CC1. The first kappa shape index (κ1) is 24.1. The molecule has 7 heteroatoms. The first-order chi connectivity index (χ1) is 15.4. The maximum Gasteiger partial charge on any atom is 0.339 e. The minimum atomic E-state index is -0.357. The Morgan fingerprint density at radius 3 is 2.81 bits per heavy atom. The molecule has 1 aliphatic heterocycles. The van der Waals surface area contributed by atoms with Crippen molar-refractivity contribution in [3.63, 3.8) is 0 Å². The van der Waals surface area contributed by atoms with E-state index in [9.17, 15) is 4.79 Å². The Hall–Kier alpha value is -2.57. The van der Waals surface area contributed by atoms with E-state index in [0.29, 0.717) is 23.9 Å². The maximum absolute atomic E-state index is 11.9. The number of fused-ring (bicyclic) bond motifs is 1. The second kappa shape index (κ2) is 11.3. The monoisotopic (exact) mass is 456 g/mol. The number of esters is 1. The number of nitrogens with one attached hydrogen (secondary N) is 1. The van der Waals surface area contributed by atoms with Gasteiger partial charge in [-0.2, -0.15) is 0 Å². The summed E-state index contributed by atoms with van der Waals surface area (Å²) in [4.78, 5) is 18.4. The highest BCUT2D eigenvalue weighted by atomic mass is 35.5. The number of benzene rings is 1. The summed E-state index contributed by atoms with van der Waals surface area (Å²) in [6.07, 6.45) is 7.59. The number of allylic oxidation sites excluding steroid dienone is 1. The molecule has 2 heterocycles. The summed E-state index contributed by atoms with van der Waals surface area (Å²) in [5.74, 6) is 0.949. The fourth-order valence-corrected chi connectivity index (χ4v) is 4.25. The van der Waals surface area contributed by atoms with E-state index in [1.165, 1.54) is 16.5 Å². The molecule has 0 spiro atoms. The molecule has 0 radical (unpaired) electrons. The number of aryl methyl sites for hydroxylation is 1. The molecule has 0 bridgehead atoms. The Morgan fingerprint density at radius 2 is 2.12 bits per heavy atom. The van der Waals surface area contributed by atoms with Crippen LogP contribution in [0.3, 0.4) is 0 Å². The molecule has 32 heavy (non-hydrogen) atoms. The number of ether oxygens (including phenoxy) is 1. The lowest BCUT2D eigenvalue weighted by Crippen LogP contribution is -2.36. The van der Waals surface area contributed by atoms with Crippen molar-refractivity contribution in [2.45, 2.75) is 33.2 Å². The standard InChI is InChI=1S/C25H33ClN4O2/c1-5-20(25(31)32-6-2)16-28-18(3)30-11-9-19(10-12-30)14-27-15-21-17-29(4)24-8-7-22(26)13-23(21)24/h5,7-8,13,16-17,19,27H,3,6,9-12,14-15H2,1-2,4H3/b20-5+,28-16-. The van der Waals surface area contributed by atoms with Crippen LogP contribution >= 0.6 is 11.6 Å². The minimum absolute atomic E-state index is 0.348. The first-order valence-corrected chi connectivity index (χ1v) is 11.6. The van der Waals surface area contributed by atoms with Crippen molar-refractivity contribution in [2.75, 3.05) is 26.2 Å². The number of hydrogen-bond acceptors (Lipinski definition) is 5. The van der Waals surface area contributed by atoms with E-state index in [0.717, 1.165) is 44.0 Å². The molecule has 0 atom stereocenters. The molecule has 1 aromatic heterocycles. The highest BCUT2D eigenvalue weighted by Gasteiger charge is 2.20. The minimum Gasteiger partial charge on any atom is -0.462 e. The normalized spacial score (nSPS) is 15.6. The second-order valence-electron chi connectivity index (χ2n) is 8.13. The molecule has 3 rings (SSSR count). The Bertz CT molecular complexity index is 1020. The quantitative estimate of drug-likeness (QED) is 0.338. The molecule has 0 aliphatic carbocycles. The van der Waals surface area contributed by atoms with Crippen molar-refractivity contribution in [1.82, 2.24) is 14.8 Å². The Morgan fingerprint density at radius 1 is 1.38 bits per heavy atom. The van der Waals surface area contributed by atoms with Crippen molar-refractivity contribution in [1.29, 1.82) is 0 Å². The molecule has 0 unspecified atom stereocenters. The van der Waals surface area contributed by atoms with E-state index in [1.807, 2.05) is 12.1 Å². The number of piperidine rings is 1. The van der Waals surface area contributed by atoms with E-state index in [-0.39, 0.29) is 5.97 Å². The largest absolute Gasteiger partial charge is 0.462 e. The summed E-state index contributed by atoms with van der Waals surface area (Å²) < 4.78 is 7.18. The van der Waals surface area contributed by atoms with Gasteiger partial charge in [-0.05, 0) is 62.9 Å². The number of hydrogen-bond donors (Lipinski definition) is 1. The topological polar surface area (TPSA) is 58.9 Å². The van der Waals surface area contributed by atoms with Gasteiger partial charge in [0.15, 0.2) is 0 Å². The van der Waals surface area contributed by atoms with Crippen LogP contribution in [0.4, 0.5) is 0 Å². The van der Waals surface area contributed by atoms with Gasteiger partial charge in [0.1, 0.15) is 5.82 Å². The first-order valence-electron chi connectivity index (χ1n) is 11.2. The van der Waals surface area contributed by atoms with E-state index in [2.05, 4.69) is 45.7 Å². The third kappa shape index (κ3) is 6.02. The zero-order valence-corrected chi connectivity index (χ0v) is 20.0. The van der Waals surface area contributed by atoms with Crippen LogP contribution in [0.1, 0.15) is 32.3 Å². The Kier molecular flexibility index (Phi) is 8.53.